The van der Waals surface area contributed by atoms with Crippen LogP contribution in [0.4, 0.5) is 0 Å². The van der Waals surface area contributed by atoms with Crippen LogP contribution < -0.4 is 19.5 Å². The Balaban J connectivity index is 1.80. The molecule has 0 aliphatic carbocycles. The van der Waals surface area contributed by atoms with Gasteiger partial charge in [0.05, 0.1) is 13.2 Å². The summed E-state index contributed by atoms with van der Waals surface area (Å²) in [5, 5.41) is 2.83. The van der Waals surface area contributed by atoms with E-state index in [2.05, 4.69) is 5.32 Å². The number of benzene rings is 2. The average Bonchev–Trinajstić information content (AvgIpc) is 2.58. The third kappa shape index (κ3) is 5.83. The van der Waals surface area contributed by atoms with Gasteiger partial charge in [0.1, 0.15) is 17.2 Å². The number of methoxy groups -OCH3 is 1. The Hall–Kier alpha value is -2.69. The second-order valence-corrected chi connectivity index (χ2v) is 5.56. The quantitative estimate of drug-likeness (QED) is 0.808. The maximum absolute atomic E-state index is 11.9. The highest BCUT2D eigenvalue weighted by Gasteiger charge is 2.05. The molecule has 0 heterocycles. The van der Waals surface area contributed by atoms with Gasteiger partial charge >= 0.3 is 0 Å². The van der Waals surface area contributed by atoms with Crippen molar-refractivity contribution in [1.82, 2.24) is 5.32 Å². The summed E-state index contributed by atoms with van der Waals surface area (Å²) < 4.78 is 16.2. The monoisotopic (exact) mass is 329 g/mol. The van der Waals surface area contributed by atoms with Gasteiger partial charge in [0.25, 0.3) is 5.91 Å². The molecule has 128 valence electrons. The number of amides is 1. The van der Waals surface area contributed by atoms with Gasteiger partial charge in [-0.15, -0.1) is 0 Å². The van der Waals surface area contributed by atoms with Gasteiger partial charge in [-0.25, -0.2) is 0 Å². The van der Waals surface area contributed by atoms with Crippen molar-refractivity contribution in [3.63, 3.8) is 0 Å². The molecule has 24 heavy (non-hydrogen) atoms. The summed E-state index contributed by atoms with van der Waals surface area (Å²) >= 11 is 0. The van der Waals surface area contributed by atoms with Gasteiger partial charge in [0.2, 0.25) is 0 Å². The van der Waals surface area contributed by atoms with Gasteiger partial charge in [-0.05, 0) is 43.7 Å². The van der Waals surface area contributed by atoms with Crippen LogP contribution in [0.2, 0.25) is 0 Å². The molecule has 0 radical (unpaired) electrons. The van der Waals surface area contributed by atoms with Crippen molar-refractivity contribution < 1.29 is 19.0 Å². The minimum atomic E-state index is -0.187. The van der Waals surface area contributed by atoms with Gasteiger partial charge in [-0.1, -0.05) is 18.2 Å². The van der Waals surface area contributed by atoms with Crippen LogP contribution in [0.15, 0.2) is 48.5 Å². The summed E-state index contributed by atoms with van der Waals surface area (Å²) in [6.07, 6.45) is 0.117. The van der Waals surface area contributed by atoms with Crippen LogP contribution in [-0.2, 0) is 11.3 Å². The van der Waals surface area contributed by atoms with E-state index in [1.54, 1.807) is 19.2 Å². The lowest BCUT2D eigenvalue weighted by Crippen LogP contribution is -2.28. The maximum Gasteiger partial charge on any atom is 0.258 e. The highest BCUT2D eigenvalue weighted by Crippen LogP contribution is 2.18. The first kappa shape index (κ1) is 17.7. The first-order chi connectivity index (χ1) is 11.6. The Labute approximate surface area is 142 Å². The van der Waals surface area contributed by atoms with E-state index in [4.69, 9.17) is 14.2 Å². The molecular formula is C19H23NO4. The Morgan fingerprint density at radius 2 is 1.75 bits per heavy atom. The van der Waals surface area contributed by atoms with Crippen LogP contribution in [0.1, 0.15) is 19.4 Å². The molecule has 0 aliphatic heterocycles. The molecule has 2 aromatic rings. The smallest absolute Gasteiger partial charge is 0.258 e. The number of nitrogens with one attached hydrogen (secondary N) is 1. The fourth-order valence-corrected chi connectivity index (χ4v) is 2.09. The summed E-state index contributed by atoms with van der Waals surface area (Å²) in [7, 11) is 1.59. The third-order valence-electron chi connectivity index (χ3n) is 3.17. The molecule has 2 aromatic carbocycles. The van der Waals surface area contributed by atoms with Crippen LogP contribution in [0.25, 0.3) is 0 Å². The van der Waals surface area contributed by atoms with Crippen molar-refractivity contribution in [2.24, 2.45) is 0 Å². The molecule has 0 atom stereocenters. The van der Waals surface area contributed by atoms with Crippen LogP contribution in [0, 0.1) is 0 Å². The Bertz CT molecular complexity index is 670. The lowest BCUT2D eigenvalue weighted by atomic mass is 10.2. The standard InChI is InChI=1S/C19H23NO4/c1-14(2)24-18-9-4-6-15(10-18)12-20-19(21)13-23-17-8-5-7-16(11-17)22-3/h4-11,14H,12-13H2,1-3H3,(H,20,21). The van der Waals surface area contributed by atoms with E-state index in [0.29, 0.717) is 18.0 Å². The first-order valence-electron chi connectivity index (χ1n) is 7.86. The van der Waals surface area contributed by atoms with Crippen LogP contribution >= 0.6 is 0 Å². The largest absolute Gasteiger partial charge is 0.497 e. The van der Waals surface area contributed by atoms with E-state index < -0.39 is 0 Å². The zero-order chi connectivity index (χ0) is 17.4. The second-order valence-electron chi connectivity index (χ2n) is 5.56. The van der Waals surface area contributed by atoms with Crippen molar-refractivity contribution in [1.29, 1.82) is 0 Å². The topological polar surface area (TPSA) is 56.8 Å². The first-order valence-corrected chi connectivity index (χ1v) is 7.86. The minimum Gasteiger partial charge on any atom is -0.497 e. The lowest BCUT2D eigenvalue weighted by molar-refractivity contribution is -0.123. The molecule has 0 spiro atoms. The fourth-order valence-electron chi connectivity index (χ4n) is 2.09. The zero-order valence-electron chi connectivity index (χ0n) is 14.2. The normalized spacial score (nSPS) is 10.3. The van der Waals surface area contributed by atoms with Gasteiger partial charge < -0.3 is 19.5 Å². The van der Waals surface area contributed by atoms with Crippen molar-refractivity contribution >= 4 is 5.91 Å². The van der Waals surface area contributed by atoms with Gasteiger partial charge in [0.15, 0.2) is 6.61 Å². The number of carbonyl (C=O) groups is 1. The predicted molar refractivity (Wildman–Crippen MR) is 92.5 cm³/mol. The van der Waals surface area contributed by atoms with Crippen molar-refractivity contribution in [2.45, 2.75) is 26.5 Å². The molecule has 0 unspecified atom stereocenters. The zero-order valence-corrected chi connectivity index (χ0v) is 14.2. The summed E-state index contributed by atoms with van der Waals surface area (Å²) in [4.78, 5) is 11.9. The summed E-state index contributed by atoms with van der Waals surface area (Å²) in [5.74, 6) is 1.89. The average molecular weight is 329 g/mol. The number of rotatable bonds is 8. The molecule has 5 nitrogen and oxygen atoms in total. The Morgan fingerprint density at radius 1 is 1.04 bits per heavy atom. The lowest BCUT2D eigenvalue weighted by Gasteiger charge is -2.12. The second kappa shape index (κ2) is 8.82. The van der Waals surface area contributed by atoms with Gasteiger partial charge in [-0.3, -0.25) is 4.79 Å². The van der Waals surface area contributed by atoms with E-state index in [1.165, 1.54) is 0 Å². The van der Waals surface area contributed by atoms with Crippen LogP contribution in [-0.4, -0.2) is 25.7 Å². The van der Waals surface area contributed by atoms with Gasteiger partial charge in [-0.2, -0.15) is 0 Å². The maximum atomic E-state index is 11.9. The molecule has 0 aromatic heterocycles. The minimum absolute atomic E-state index is 0.0463. The van der Waals surface area contributed by atoms with Crippen LogP contribution in [0.5, 0.6) is 17.2 Å². The van der Waals surface area contributed by atoms with Crippen molar-refractivity contribution in [3.05, 3.63) is 54.1 Å². The van der Waals surface area contributed by atoms with E-state index in [-0.39, 0.29) is 18.6 Å². The molecule has 1 N–H and O–H groups in total. The third-order valence-corrected chi connectivity index (χ3v) is 3.17. The molecule has 1 amide bonds. The Kier molecular flexibility index (Phi) is 6.49. The van der Waals surface area contributed by atoms with E-state index >= 15 is 0 Å². The number of carbonyl (C=O) groups excluding carboxylic acids is 1. The van der Waals surface area contributed by atoms with Crippen molar-refractivity contribution in [2.75, 3.05) is 13.7 Å². The summed E-state index contributed by atoms with van der Waals surface area (Å²) in [5.41, 5.74) is 0.975. The van der Waals surface area contributed by atoms with E-state index in [1.807, 2.05) is 50.2 Å². The molecule has 0 saturated carbocycles. The van der Waals surface area contributed by atoms with Crippen LogP contribution in [0.3, 0.4) is 0 Å². The molecule has 0 saturated heterocycles. The van der Waals surface area contributed by atoms with Crippen molar-refractivity contribution in [3.8, 4) is 17.2 Å². The molecule has 2 rings (SSSR count). The SMILES string of the molecule is COc1cccc(OCC(=O)NCc2cccc(OC(C)C)c2)c1. The molecular weight excluding hydrogens is 306 g/mol. The molecule has 5 heteroatoms. The molecule has 0 bridgehead atoms. The molecule has 0 aliphatic rings. The fraction of sp³-hybridized carbons (Fsp3) is 0.316. The summed E-state index contributed by atoms with van der Waals surface area (Å²) in [6.45, 7) is 4.33. The number of ether oxygens (including phenoxy) is 3. The highest BCUT2D eigenvalue weighted by atomic mass is 16.5. The van der Waals surface area contributed by atoms with E-state index in [0.717, 1.165) is 11.3 Å². The number of hydrogen-bond acceptors (Lipinski definition) is 4. The summed E-state index contributed by atoms with van der Waals surface area (Å²) in [6, 6.07) is 14.8. The molecule has 0 fully saturated rings. The predicted octanol–water partition coefficient (Wildman–Crippen LogP) is 3.18. The van der Waals surface area contributed by atoms with Gasteiger partial charge in [0, 0.05) is 12.6 Å². The van der Waals surface area contributed by atoms with E-state index in [9.17, 15) is 4.79 Å². The number of hydrogen-bond donors (Lipinski definition) is 1. The Morgan fingerprint density at radius 3 is 2.50 bits per heavy atom. The highest BCUT2D eigenvalue weighted by molar-refractivity contribution is 5.77.